The van der Waals surface area contributed by atoms with Crippen molar-refractivity contribution >= 4 is 16.7 Å². The molecule has 3 heterocycles. The smallest absolute Gasteiger partial charge is 0.261 e. The van der Waals surface area contributed by atoms with Crippen molar-refractivity contribution in [3.8, 4) is 11.1 Å². The summed E-state index contributed by atoms with van der Waals surface area (Å²) >= 11 is 0. The van der Waals surface area contributed by atoms with Crippen molar-refractivity contribution < 1.29 is 4.79 Å². The van der Waals surface area contributed by atoms with E-state index in [0.29, 0.717) is 5.56 Å². The van der Waals surface area contributed by atoms with E-state index in [-0.39, 0.29) is 5.91 Å². The largest absolute Gasteiger partial charge is 0.300 e. The van der Waals surface area contributed by atoms with Crippen LogP contribution in [-0.2, 0) is 6.42 Å². The van der Waals surface area contributed by atoms with Gasteiger partial charge in [0, 0.05) is 48.3 Å². The van der Waals surface area contributed by atoms with Gasteiger partial charge in [-0.15, -0.1) is 0 Å². The van der Waals surface area contributed by atoms with Crippen molar-refractivity contribution in [2.45, 2.75) is 32.2 Å². The fourth-order valence-corrected chi connectivity index (χ4v) is 4.54. The average Bonchev–Trinajstić information content (AvgIpc) is 3.43. The lowest BCUT2D eigenvalue weighted by atomic mass is 10.0. The van der Waals surface area contributed by atoms with Crippen LogP contribution in [0.15, 0.2) is 79.4 Å². The van der Waals surface area contributed by atoms with Crippen molar-refractivity contribution in [1.82, 2.24) is 14.5 Å². The van der Waals surface area contributed by atoms with Crippen molar-refractivity contribution in [1.29, 1.82) is 0 Å². The second-order valence-corrected chi connectivity index (χ2v) is 8.52. The minimum Gasteiger partial charge on any atom is -0.300 e. The first-order valence-electron chi connectivity index (χ1n) is 11.1. The first-order chi connectivity index (χ1) is 15.2. The molecular formula is C27H27N3O. The monoisotopic (exact) mass is 409 g/mol. The van der Waals surface area contributed by atoms with Gasteiger partial charge in [0.05, 0.1) is 0 Å². The zero-order valence-corrected chi connectivity index (χ0v) is 17.9. The number of carbonyl (C=O) groups is 1. The van der Waals surface area contributed by atoms with E-state index in [1.54, 1.807) is 29.1 Å². The van der Waals surface area contributed by atoms with Crippen LogP contribution in [0.25, 0.3) is 21.9 Å². The number of pyridine rings is 1. The Morgan fingerprint density at radius 2 is 1.71 bits per heavy atom. The molecule has 4 nitrogen and oxygen atoms in total. The third-order valence-corrected chi connectivity index (χ3v) is 6.47. The Bertz CT molecular complexity index is 1190. The second-order valence-electron chi connectivity index (χ2n) is 8.52. The van der Waals surface area contributed by atoms with Crippen molar-refractivity contribution in [2.75, 3.05) is 13.1 Å². The van der Waals surface area contributed by atoms with Gasteiger partial charge in [-0.25, -0.2) is 0 Å². The number of rotatable bonds is 5. The number of likely N-dealkylation sites (tertiary alicyclic amines) is 1. The number of carbonyl (C=O) groups excluding carboxylic acids is 1. The Hall–Kier alpha value is -3.24. The molecule has 0 radical (unpaired) electrons. The zero-order chi connectivity index (χ0) is 21.2. The van der Waals surface area contributed by atoms with Crippen LogP contribution in [0.3, 0.4) is 0 Å². The zero-order valence-electron chi connectivity index (χ0n) is 17.9. The quantitative estimate of drug-likeness (QED) is 0.442. The molecule has 0 amide bonds. The minimum atomic E-state index is -0.0446. The summed E-state index contributed by atoms with van der Waals surface area (Å²) in [6, 6.07) is 19.5. The summed E-state index contributed by atoms with van der Waals surface area (Å²) in [6.07, 6.45) is 10.9. The van der Waals surface area contributed by atoms with Crippen LogP contribution in [0.4, 0.5) is 0 Å². The topological polar surface area (TPSA) is 38.1 Å². The molecule has 2 aromatic heterocycles. The lowest BCUT2D eigenvalue weighted by Crippen LogP contribution is -2.28. The van der Waals surface area contributed by atoms with E-state index in [9.17, 15) is 4.79 Å². The highest BCUT2D eigenvalue weighted by Crippen LogP contribution is 2.26. The number of hydrogen-bond acceptors (Lipinski definition) is 3. The molecule has 1 atom stereocenters. The van der Waals surface area contributed by atoms with Crippen LogP contribution in [-0.4, -0.2) is 39.5 Å². The van der Waals surface area contributed by atoms with Gasteiger partial charge >= 0.3 is 0 Å². The van der Waals surface area contributed by atoms with Gasteiger partial charge < -0.3 is 4.90 Å². The maximum absolute atomic E-state index is 12.7. The SMILES string of the molecule is CC1CCCN1CCc1ccc(-c2ccc3cn(C(=O)c4ccncc4)cc3c2)cc1. The molecule has 0 saturated carbocycles. The Labute approximate surface area is 183 Å². The molecule has 2 aromatic carbocycles. The summed E-state index contributed by atoms with van der Waals surface area (Å²) in [7, 11) is 0. The number of hydrogen-bond donors (Lipinski definition) is 0. The standard InChI is InChI=1S/C27H27N3O/c1-20-3-2-15-29(20)16-12-21-4-6-22(7-5-21)24-8-9-25-18-30(19-26(25)17-24)27(31)23-10-13-28-14-11-23/h4-11,13-14,17-20H,2-3,12,15-16H2,1H3. The Morgan fingerprint density at radius 3 is 2.45 bits per heavy atom. The van der Waals surface area contributed by atoms with E-state index in [1.165, 1.54) is 36.1 Å². The van der Waals surface area contributed by atoms with Gasteiger partial charge in [-0.2, -0.15) is 0 Å². The normalized spacial score (nSPS) is 16.7. The molecular weight excluding hydrogens is 382 g/mol. The maximum atomic E-state index is 12.7. The summed E-state index contributed by atoms with van der Waals surface area (Å²) in [5.41, 5.74) is 4.39. The summed E-state index contributed by atoms with van der Waals surface area (Å²) in [4.78, 5) is 19.3. The Balaban J connectivity index is 1.32. The van der Waals surface area contributed by atoms with E-state index in [2.05, 4.69) is 59.3 Å². The van der Waals surface area contributed by atoms with E-state index in [0.717, 1.165) is 29.8 Å². The predicted molar refractivity (Wildman–Crippen MR) is 125 cm³/mol. The number of aromatic nitrogens is 2. The van der Waals surface area contributed by atoms with Crippen LogP contribution in [0.1, 0.15) is 35.7 Å². The van der Waals surface area contributed by atoms with Crippen LogP contribution in [0.2, 0.25) is 0 Å². The molecule has 1 unspecified atom stereocenters. The highest BCUT2D eigenvalue weighted by atomic mass is 16.2. The Kier molecular flexibility index (Phi) is 5.39. The van der Waals surface area contributed by atoms with Crippen LogP contribution in [0.5, 0.6) is 0 Å². The molecule has 0 bridgehead atoms. The Morgan fingerprint density at radius 1 is 0.968 bits per heavy atom. The van der Waals surface area contributed by atoms with Gasteiger partial charge in [0.1, 0.15) is 0 Å². The fourth-order valence-electron chi connectivity index (χ4n) is 4.54. The van der Waals surface area contributed by atoms with E-state index < -0.39 is 0 Å². The van der Waals surface area contributed by atoms with Gasteiger partial charge in [0.15, 0.2) is 0 Å². The number of benzene rings is 2. The van der Waals surface area contributed by atoms with Crippen LogP contribution in [0, 0.1) is 0 Å². The molecule has 1 fully saturated rings. The minimum absolute atomic E-state index is 0.0446. The molecule has 1 saturated heterocycles. The average molecular weight is 410 g/mol. The third kappa shape index (κ3) is 4.17. The van der Waals surface area contributed by atoms with Gasteiger partial charge in [-0.05, 0) is 73.0 Å². The molecule has 1 aliphatic rings. The van der Waals surface area contributed by atoms with E-state index in [4.69, 9.17) is 0 Å². The van der Waals surface area contributed by atoms with Gasteiger partial charge in [0.25, 0.3) is 5.91 Å². The lowest BCUT2D eigenvalue weighted by Gasteiger charge is -2.20. The number of fused-ring (bicyclic) bond motifs is 1. The van der Waals surface area contributed by atoms with Crippen LogP contribution < -0.4 is 0 Å². The highest BCUT2D eigenvalue weighted by molar-refractivity contribution is 5.99. The molecule has 156 valence electrons. The summed E-state index contributed by atoms with van der Waals surface area (Å²) in [5, 5.41) is 2.12. The lowest BCUT2D eigenvalue weighted by molar-refractivity contribution is 0.0960. The van der Waals surface area contributed by atoms with Gasteiger partial charge in [-0.1, -0.05) is 36.4 Å². The van der Waals surface area contributed by atoms with Crippen molar-refractivity contribution in [3.63, 3.8) is 0 Å². The molecule has 4 aromatic rings. The fraction of sp³-hybridized carbons (Fsp3) is 0.259. The van der Waals surface area contributed by atoms with Crippen LogP contribution >= 0.6 is 0 Å². The predicted octanol–water partition coefficient (Wildman–Crippen LogP) is 5.42. The molecule has 0 aliphatic carbocycles. The molecule has 4 heteroatoms. The maximum Gasteiger partial charge on any atom is 0.261 e. The molecule has 31 heavy (non-hydrogen) atoms. The van der Waals surface area contributed by atoms with E-state index in [1.807, 2.05) is 12.4 Å². The van der Waals surface area contributed by atoms with Crippen molar-refractivity contribution in [3.05, 3.63) is 90.5 Å². The molecule has 5 rings (SSSR count). The molecule has 1 aliphatic heterocycles. The third-order valence-electron chi connectivity index (χ3n) is 6.47. The second kappa shape index (κ2) is 8.48. The summed E-state index contributed by atoms with van der Waals surface area (Å²) in [5.74, 6) is -0.0446. The first-order valence-corrected chi connectivity index (χ1v) is 11.1. The van der Waals surface area contributed by atoms with Gasteiger partial charge in [0.2, 0.25) is 0 Å². The first kappa shape index (κ1) is 19.7. The summed E-state index contributed by atoms with van der Waals surface area (Å²) < 4.78 is 1.66. The molecule has 0 N–H and O–H groups in total. The molecule has 0 spiro atoms. The highest BCUT2D eigenvalue weighted by Gasteiger charge is 2.19. The van der Waals surface area contributed by atoms with Gasteiger partial charge in [-0.3, -0.25) is 14.3 Å². The number of nitrogens with zero attached hydrogens (tertiary/aromatic N) is 3. The van der Waals surface area contributed by atoms with Crippen molar-refractivity contribution in [2.24, 2.45) is 0 Å². The summed E-state index contributed by atoms with van der Waals surface area (Å²) in [6.45, 7) is 4.72. The van der Waals surface area contributed by atoms with E-state index >= 15 is 0 Å².